The van der Waals surface area contributed by atoms with Gasteiger partial charge in [0.1, 0.15) is 11.6 Å². The number of aromatic carboxylic acids is 1. The third-order valence-electron chi connectivity index (χ3n) is 4.41. The number of benzene rings is 2. The Morgan fingerprint density at radius 3 is 2.24 bits per heavy atom. The highest BCUT2D eigenvalue weighted by Gasteiger charge is 2.19. The van der Waals surface area contributed by atoms with E-state index in [4.69, 9.17) is 5.73 Å². The topological polar surface area (TPSA) is 101 Å². The minimum atomic E-state index is -1.19. The van der Waals surface area contributed by atoms with E-state index in [1.54, 1.807) is 6.92 Å². The van der Waals surface area contributed by atoms with Crippen molar-refractivity contribution in [3.05, 3.63) is 88.3 Å². The van der Waals surface area contributed by atoms with E-state index in [-0.39, 0.29) is 23.2 Å². The number of hydrogen-bond donors (Lipinski definition) is 3. The summed E-state index contributed by atoms with van der Waals surface area (Å²) in [5.41, 5.74) is 10.4. The maximum atomic E-state index is 13.2. The Kier molecular flexibility index (Phi) is 5.59. The minimum Gasteiger partial charge on any atom is -0.477 e. The van der Waals surface area contributed by atoms with E-state index in [1.165, 1.54) is 30.3 Å². The van der Waals surface area contributed by atoms with Crippen LogP contribution in [0.5, 0.6) is 0 Å². The van der Waals surface area contributed by atoms with E-state index in [0.29, 0.717) is 17.0 Å². The van der Waals surface area contributed by atoms with Crippen LogP contribution in [0.3, 0.4) is 0 Å². The molecule has 6 nitrogen and oxygen atoms in total. The number of nitrogens with two attached hydrogens (primary N) is 1. The van der Waals surface area contributed by atoms with Crippen LogP contribution < -0.4 is 11.1 Å². The molecule has 0 amide bonds. The van der Waals surface area contributed by atoms with Crippen molar-refractivity contribution in [3.63, 3.8) is 0 Å². The first-order valence-corrected chi connectivity index (χ1v) is 8.94. The molecule has 4 N–H and O–H groups in total. The van der Waals surface area contributed by atoms with E-state index < -0.39 is 5.97 Å². The average Bonchev–Trinajstić information content (AvgIpc) is 2.66. The molecule has 7 heteroatoms. The lowest BCUT2D eigenvalue weighted by Gasteiger charge is -2.16. The number of halogens is 1. The number of carboxylic acids is 1. The average molecular weight is 392 g/mol. The summed E-state index contributed by atoms with van der Waals surface area (Å²) in [4.78, 5) is 20.4. The molecule has 3 aromatic rings. The molecule has 2 aromatic carbocycles. The van der Waals surface area contributed by atoms with Crippen molar-refractivity contribution in [1.82, 2.24) is 9.97 Å². The molecule has 0 aliphatic carbocycles. The molecule has 0 saturated heterocycles. The summed E-state index contributed by atoms with van der Waals surface area (Å²) in [6, 6.07) is 12.8. The summed E-state index contributed by atoms with van der Waals surface area (Å²) >= 11 is 0. The second-order valence-electron chi connectivity index (χ2n) is 6.72. The van der Waals surface area contributed by atoms with E-state index in [0.717, 1.165) is 16.7 Å². The maximum Gasteiger partial charge on any atom is 0.354 e. The molecule has 148 valence electrons. The van der Waals surface area contributed by atoms with Gasteiger partial charge in [-0.25, -0.2) is 19.2 Å². The van der Waals surface area contributed by atoms with Gasteiger partial charge in [0.05, 0.1) is 0 Å². The fourth-order valence-electron chi connectivity index (χ4n) is 3.11. The highest BCUT2D eigenvalue weighted by atomic mass is 19.1. The van der Waals surface area contributed by atoms with Gasteiger partial charge in [0.15, 0.2) is 11.5 Å². The largest absolute Gasteiger partial charge is 0.477 e. The van der Waals surface area contributed by atoms with Gasteiger partial charge < -0.3 is 16.2 Å². The van der Waals surface area contributed by atoms with Crippen LogP contribution in [0.4, 0.5) is 15.9 Å². The first-order valence-electron chi connectivity index (χ1n) is 8.94. The van der Waals surface area contributed by atoms with Gasteiger partial charge in [-0.05, 0) is 61.7 Å². The van der Waals surface area contributed by atoms with Gasteiger partial charge in [0.2, 0.25) is 0 Å². The molecule has 29 heavy (non-hydrogen) atoms. The van der Waals surface area contributed by atoms with Crippen LogP contribution in [0.1, 0.15) is 39.9 Å². The number of nitrogens with zero attached hydrogens (tertiary/aromatic N) is 2. The number of allylic oxidation sites excluding steroid dienone is 1. The molecule has 3 rings (SSSR count). The van der Waals surface area contributed by atoms with Crippen molar-refractivity contribution in [2.75, 3.05) is 5.32 Å². The predicted octanol–water partition coefficient (Wildman–Crippen LogP) is 4.41. The zero-order valence-corrected chi connectivity index (χ0v) is 16.3. The predicted molar refractivity (Wildman–Crippen MR) is 110 cm³/mol. The third kappa shape index (κ3) is 4.40. The van der Waals surface area contributed by atoms with Crippen LogP contribution in [-0.4, -0.2) is 21.0 Å². The Bertz CT molecular complexity index is 1080. The number of hydrogen-bond acceptors (Lipinski definition) is 5. The molecule has 1 heterocycles. The lowest BCUT2D eigenvalue weighted by molar-refractivity contribution is 0.0690. The monoisotopic (exact) mass is 392 g/mol. The molecular weight excluding hydrogens is 371 g/mol. The van der Waals surface area contributed by atoms with Crippen molar-refractivity contribution in [1.29, 1.82) is 0 Å². The van der Waals surface area contributed by atoms with Gasteiger partial charge >= 0.3 is 5.97 Å². The summed E-state index contributed by atoms with van der Waals surface area (Å²) in [5.74, 6) is -1.09. The molecule has 0 aliphatic heterocycles. The zero-order valence-electron chi connectivity index (χ0n) is 16.3. The molecule has 0 aliphatic rings. The lowest BCUT2D eigenvalue weighted by atomic mass is 9.94. The van der Waals surface area contributed by atoms with E-state index in [1.807, 2.05) is 32.0 Å². The molecular formula is C22H21FN4O2. The molecule has 0 unspecified atom stereocenters. The lowest BCUT2D eigenvalue weighted by Crippen LogP contribution is -2.11. The fraction of sp³-hybridized carbons (Fsp3) is 0.136. The molecule has 0 atom stereocenters. The number of nitrogens with one attached hydrogen (secondary N) is 1. The quantitative estimate of drug-likeness (QED) is 0.594. The highest BCUT2D eigenvalue weighted by molar-refractivity contribution is 5.88. The molecule has 0 radical (unpaired) electrons. The van der Waals surface area contributed by atoms with Crippen molar-refractivity contribution >= 4 is 23.0 Å². The minimum absolute atomic E-state index is 0.176. The Labute approximate surface area is 167 Å². The smallest absolute Gasteiger partial charge is 0.354 e. The van der Waals surface area contributed by atoms with Crippen LogP contribution in [0.25, 0.3) is 5.57 Å². The SMILES string of the molecule is CC(N)=C(c1nc(Nc2ccc(F)cc2)cc(C(=O)O)n1)c1c(C)cccc1C. The molecule has 0 saturated carbocycles. The van der Waals surface area contributed by atoms with Crippen molar-refractivity contribution in [2.45, 2.75) is 20.8 Å². The summed E-state index contributed by atoms with van der Waals surface area (Å²) in [6.07, 6.45) is 0. The number of rotatable bonds is 5. The standard InChI is InChI=1S/C22H21FN4O2/c1-12-5-4-6-13(2)19(12)20(14(3)24)21-26-17(22(28)29)11-18(27-21)25-16-9-7-15(23)8-10-16/h4-11H,24H2,1-3H3,(H,28,29)(H,25,26,27). The number of aromatic nitrogens is 2. The third-order valence-corrected chi connectivity index (χ3v) is 4.41. The summed E-state index contributed by atoms with van der Waals surface area (Å²) in [7, 11) is 0. The van der Waals surface area contributed by atoms with Gasteiger partial charge in [0, 0.05) is 23.0 Å². The van der Waals surface area contributed by atoms with Crippen LogP contribution in [0.15, 0.2) is 54.2 Å². The second-order valence-corrected chi connectivity index (χ2v) is 6.72. The summed E-state index contributed by atoms with van der Waals surface area (Å²) in [5, 5.41) is 12.5. The van der Waals surface area contributed by atoms with Gasteiger partial charge in [-0.3, -0.25) is 0 Å². The summed E-state index contributed by atoms with van der Waals surface area (Å²) < 4.78 is 13.2. The Hall–Kier alpha value is -3.74. The summed E-state index contributed by atoms with van der Waals surface area (Å²) in [6.45, 7) is 5.62. The molecule has 0 fully saturated rings. The van der Waals surface area contributed by atoms with Gasteiger partial charge in [-0.1, -0.05) is 18.2 Å². The van der Waals surface area contributed by atoms with Crippen LogP contribution in [-0.2, 0) is 0 Å². The van der Waals surface area contributed by atoms with Crippen molar-refractivity contribution in [3.8, 4) is 0 Å². The van der Waals surface area contributed by atoms with E-state index >= 15 is 0 Å². The Morgan fingerprint density at radius 2 is 1.69 bits per heavy atom. The van der Waals surface area contributed by atoms with Crippen molar-refractivity contribution in [2.24, 2.45) is 5.73 Å². The number of anilines is 2. The maximum absolute atomic E-state index is 13.2. The Balaban J connectivity index is 2.16. The molecule has 1 aromatic heterocycles. The number of aryl methyl sites for hydroxylation is 2. The van der Waals surface area contributed by atoms with Gasteiger partial charge in [-0.2, -0.15) is 0 Å². The number of carbonyl (C=O) groups is 1. The highest BCUT2D eigenvalue weighted by Crippen LogP contribution is 2.30. The molecule has 0 spiro atoms. The van der Waals surface area contributed by atoms with Gasteiger partial charge in [-0.15, -0.1) is 0 Å². The number of carboxylic acid groups (broad SMARTS) is 1. The van der Waals surface area contributed by atoms with Crippen LogP contribution in [0.2, 0.25) is 0 Å². The first kappa shape index (κ1) is 20.0. The first-order chi connectivity index (χ1) is 13.8. The van der Waals surface area contributed by atoms with Gasteiger partial charge in [0.25, 0.3) is 0 Å². The van der Waals surface area contributed by atoms with Crippen LogP contribution >= 0.6 is 0 Å². The van der Waals surface area contributed by atoms with Crippen molar-refractivity contribution < 1.29 is 14.3 Å². The Morgan fingerprint density at radius 1 is 1.07 bits per heavy atom. The van der Waals surface area contributed by atoms with E-state index in [9.17, 15) is 14.3 Å². The normalized spacial score (nSPS) is 11.7. The second kappa shape index (κ2) is 8.10. The fourth-order valence-corrected chi connectivity index (χ4v) is 3.11. The van der Waals surface area contributed by atoms with Crippen LogP contribution in [0, 0.1) is 19.7 Å². The molecule has 0 bridgehead atoms. The zero-order chi connectivity index (χ0) is 21.1. The van der Waals surface area contributed by atoms with E-state index in [2.05, 4.69) is 15.3 Å².